The number of esters is 1. The lowest BCUT2D eigenvalue weighted by atomic mass is 9.83. The van der Waals surface area contributed by atoms with Crippen molar-refractivity contribution in [3.05, 3.63) is 28.8 Å². The van der Waals surface area contributed by atoms with E-state index in [9.17, 15) is 19.2 Å². The number of likely N-dealkylation sites (tertiary alicyclic amines) is 1. The molecule has 1 aromatic carbocycles. The van der Waals surface area contributed by atoms with Crippen molar-refractivity contribution in [3.63, 3.8) is 0 Å². The molecule has 1 heterocycles. The number of benzene rings is 1. The first-order chi connectivity index (χ1) is 19.2. The Labute approximate surface area is 237 Å². The van der Waals surface area contributed by atoms with E-state index < -0.39 is 24.1 Å². The van der Waals surface area contributed by atoms with Crippen LogP contribution in [-0.2, 0) is 31.9 Å². The molecule has 2 fully saturated rings. The van der Waals surface area contributed by atoms with E-state index in [2.05, 4.69) is 17.0 Å². The van der Waals surface area contributed by atoms with E-state index in [0.29, 0.717) is 31.6 Å². The van der Waals surface area contributed by atoms with Crippen molar-refractivity contribution in [2.75, 3.05) is 26.9 Å². The first kappa shape index (κ1) is 29.9. The van der Waals surface area contributed by atoms with Crippen molar-refractivity contribution in [2.45, 2.75) is 97.1 Å². The van der Waals surface area contributed by atoms with Crippen molar-refractivity contribution in [1.29, 1.82) is 0 Å². The smallest absolute Gasteiger partial charge is 0.407 e. The van der Waals surface area contributed by atoms with Gasteiger partial charge >= 0.3 is 12.1 Å². The van der Waals surface area contributed by atoms with Crippen molar-refractivity contribution in [3.8, 4) is 5.75 Å². The average molecular weight is 557 g/mol. The van der Waals surface area contributed by atoms with E-state index in [1.54, 1.807) is 0 Å². The molecule has 220 valence electrons. The number of nitrogens with one attached hydrogen (secondary N) is 1. The van der Waals surface area contributed by atoms with Gasteiger partial charge in [-0.1, -0.05) is 40.0 Å². The third-order valence-electron chi connectivity index (χ3n) is 8.76. The molecule has 2 aliphatic carbocycles. The molecule has 9 heteroatoms. The van der Waals surface area contributed by atoms with Crippen molar-refractivity contribution < 1.29 is 33.4 Å². The SMILES string of the molecule is CCCCOc1ccc(C(=O)COC(=O)[C@@H]2CCCN2C(=O)[C@@H](NC(=O)OC)C(C)C)c2c1CC1(CCCC1)C2. The maximum atomic E-state index is 13.4. The van der Waals surface area contributed by atoms with Gasteiger partial charge in [0, 0.05) is 12.1 Å². The number of carbonyl (C=O) groups is 4. The Morgan fingerprint density at radius 2 is 1.80 bits per heavy atom. The number of nitrogens with zero attached hydrogens (tertiary/aromatic N) is 1. The normalized spacial score (nSPS) is 19.9. The standard InChI is InChI=1S/C31H44N2O7/c1-5-6-16-39-26-12-11-21(22-17-31(18-23(22)26)13-7-8-14-31)25(34)19-40-29(36)24-10-9-15-33(24)28(35)27(20(2)3)32-30(37)38-4/h11-12,20,24,27H,5-10,13-19H2,1-4H3,(H,32,37)/t24-,27-/m0/s1. The molecule has 1 aliphatic heterocycles. The molecule has 1 aromatic rings. The van der Waals surface area contributed by atoms with Crippen LogP contribution in [0.3, 0.4) is 0 Å². The molecule has 1 saturated carbocycles. The summed E-state index contributed by atoms with van der Waals surface area (Å²) in [7, 11) is 1.24. The van der Waals surface area contributed by atoms with Gasteiger partial charge in [-0.25, -0.2) is 9.59 Å². The van der Waals surface area contributed by atoms with E-state index in [1.807, 2.05) is 26.0 Å². The second-order valence-corrected chi connectivity index (χ2v) is 11.9. The summed E-state index contributed by atoms with van der Waals surface area (Å²) in [6.45, 7) is 6.43. The van der Waals surface area contributed by atoms with Gasteiger partial charge < -0.3 is 24.4 Å². The molecule has 9 nitrogen and oxygen atoms in total. The number of ether oxygens (including phenoxy) is 3. The van der Waals surface area contributed by atoms with E-state index in [0.717, 1.165) is 55.4 Å². The summed E-state index contributed by atoms with van der Waals surface area (Å²) >= 11 is 0. The minimum Gasteiger partial charge on any atom is -0.493 e. The lowest BCUT2D eigenvalue weighted by molar-refractivity contribution is -0.153. The summed E-state index contributed by atoms with van der Waals surface area (Å²) in [5.74, 6) is -0.512. The molecular formula is C31H44N2O7. The Hall–Kier alpha value is -3.10. The molecule has 0 bridgehead atoms. The maximum Gasteiger partial charge on any atom is 0.407 e. The van der Waals surface area contributed by atoms with Crippen molar-refractivity contribution in [2.24, 2.45) is 11.3 Å². The third-order valence-corrected chi connectivity index (χ3v) is 8.76. The zero-order valence-electron chi connectivity index (χ0n) is 24.4. The largest absolute Gasteiger partial charge is 0.493 e. The predicted octanol–water partition coefficient (Wildman–Crippen LogP) is 4.62. The van der Waals surface area contributed by atoms with Crippen LogP contribution in [0.2, 0.25) is 0 Å². The number of carbonyl (C=O) groups excluding carboxylic acids is 4. The Morgan fingerprint density at radius 3 is 2.48 bits per heavy atom. The molecule has 0 unspecified atom stereocenters. The number of hydrogen-bond donors (Lipinski definition) is 1. The fraction of sp³-hybridized carbons (Fsp3) is 0.677. The van der Waals surface area contributed by atoms with Gasteiger partial charge in [0.2, 0.25) is 11.7 Å². The zero-order chi connectivity index (χ0) is 28.9. The van der Waals surface area contributed by atoms with E-state index in [-0.39, 0.29) is 29.6 Å². The lowest BCUT2D eigenvalue weighted by Gasteiger charge is -2.29. The summed E-state index contributed by atoms with van der Waals surface area (Å²) in [5, 5.41) is 2.57. The molecular weight excluding hydrogens is 512 g/mol. The minimum absolute atomic E-state index is 0.203. The Morgan fingerprint density at radius 1 is 1.07 bits per heavy atom. The molecule has 1 spiro atoms. The highest BCUT2D eigenvalue weighted by Crippen LogP contribution is 2.51. The van der Waals surface area contributed by atoms with Crippen LogP contribution in [0.15, 0.2) is 12.1 Å². The summed E-state index contributed by atoms with van der Waals surface area (Å²) in [4.78, 5) is 53.0. The van der Waals surface area contributed by atoms with Crippen molar-refractivity contribution >= 4 is 23.8 Å². The number of fused-ring (bicyclic) bond motifs is 1. The molecule has 3 aliphatic rings. The number of ketones is 1. The third kappa shape index (κ3) is 6.44. The summed E-state index contributed by atoms with van der Waals surface area (Å²) < 4.78 is 16.3. The van der Waals surface area contributed by atoms with Gasteiger partial charge in [0.05, 0.1) is 13.7 Å². The highest BCUT2D eigenvalue weighted by Gasteiger charge is 2.43. The zero-order valence-corrected chi connectivity index (χ0v) is 24.4. The van der Waals surface area contributed by atoms with E-state index >= 15 is 0 Å². The van der Waals surface area contributed by atoms with Gasteiger partial charge in [0.15, 0.2) is 6.61 Å². The number of unbranched alkanes of at least 4 members (excludes halogenated alkanes) is 1. The number of amides is 2. The number of rotatable bonds is 11. The Bertz CT molecular complexity index is 1110. The molecule has 0 radical (unpaired) electrons. The predicted molar refractivity (Wildman–Crippen MR) is 149 cm³/mol. The minimum atomic E-state index is -0.828. The summed E-state index contributed by atoms with van der Waals surface area (Å²) in [6, 6.07) is 2.10. The molecule has 40 heavy (non-hydrogen) atoms. The number of hydrogen-bond acceptors (Lipinski definition) is 7. The van der Waals surface area contributed by atoms with Gasteiger partial charge in [0.1, 0.15) is 17.8 Å². The Balaban J connectivity index is 1.44. The van der Waals surface area contributed by atoms with Crippen LogP contribution < -0.4 is 10.1 Å². The summed E-state index contributed by atoms with van der Waals surface area (Å²) in [6.07, 6.45) is 8.95. The summed E-state index contributed by atoms with van der Waals surface area (Å²) in [5.41, 5.74) is 2.99. The monoisotopic (exact) mass is 556 g/mol. The highest BCUT2D eigenvalue weighted by molar-refractivity contribution is 6.00. The first-order valence-electron chi connectivity index (χ1n) is 14.8. The van der Waals surface area contributed by atoms with E-state index in [4.69, 9.17) is 9.47 Å². The van der Waals surface area contributed by atoms with Gasteiger partial charge in [0.25, 0.3) is 0 Å². The van der Waals surface area contributed by atoms with Crippen LogP contribution in [0.1, 0.15) is 93.6 Å². The fourth-order valence-corrected chi connectivity index (χ4v) is 6.55. The molecule has 2 atom stereocenters. The maximum absolute atomic E-state index is 13.4. The van der Waals surface area contributed by atoms with Gasteiger partial charge in [-0.15, -0.1) is 0 Å². The molecule has 1 N–H and O–H groups in total. The highest BCUT2D eigenvalue weighted by atomic mass is 16.5. The molecule has 0 aromatic heterocycles. The fourth-order valence-electron chi connectivity index (χ4n) is 6.55. The lowest BCUT2D eigenvalue weighted by Crippen LogP contribution is -2.54. The Kier molecular flexibility index (Phi) is 9.74. The first-order valence-corrected chi connectivity index (χ1v) is 14.8. The number of methoxy groups -OCH3 is 1. The quantitative estimate of drug-likeness (QED) is 0.240. The average Bonchev–Trinajstić information content (AvgIpc) is 3.70. The van der Waals surface area contributed by atoms with E-state index in [1.165, 1.54) is 24.9 Å². The second kappa shape index (κ2) is 13.0. The van der Waals surface area contributed by atoms with Crippen LogP contribution in [0.5, 0.6) is 5.75 Å². The van der Waals surface area contributed by atoms with Crippen LogP contribution in [0.4, 0.5) is 4.79 Å². The topological polar surface area (TPSA) is 111 Å². The molecule has 2 amide bonds. The second-order valence-electron chi connectivity index (χ2n) is 11.9. The van der Waals surface area contributed by atoms with Crippen molar-refractivity contribution in [1.82, 2.24) is 10.2 Å². The number of Topliss-reactive ketones (excluding diaryl/α,β-unsaturated/α-hetero) is 1. The van der Waals surface area contributed by atoms with Crippen LogP contribution in [0.25, 0.3) is 0 Å². The van der Waals surface area contributed by atoms with Gasteiger partial charge in [-0.2, -0.15) is 0 Å². The molecule has 4 rings (SSSR count). The van der Waals surface area contributed by atoms with Crippen LogP contribution in [-0.4, -0.2) is 67.6 Å². The van der Waals surface area contributed by atoms with Crippen LogP contribution in [0, 0.1) is 11.3 Å². The number of alkyl carbamates (subject to hydrolysis) is 1. The van der Waals surface area contributed by atoms with Gasteiger partial charge in [-0.3, -0.25) is 9.59 Å². The molecule has 1 saturated heterocycles. The van der Waals surface area contributed by atoms with Crippen LogP contribution >= 0.6 is 0 Å². The van der Waals surface area contributed by atoms with Gasteiger partial charge in [-0.05, 0) is 79.5 Å².